The third-order valence-corrected chi connectivity index (χ3v) is 3.27. The van der Waals surface area contributed by atoms with Crippen LogP contribution in [-0.2, 0) is 6.42 Å². The van der Waals surface area contributed by atoms with E-state index in [2.05, 4.69) is 11.6 Å². The Morgan fingerprint density at radius 3 is 2.73 bits per heavy atom. The molecule has 0 aliphatic carbocycles. The molecule has 0 bridgehead atoms. The van der Waals surface area contributed by atoms with Gasteiger partial charge in [0.05, 0.1) is 0 Å². The minimum absolute atomic E-state index is 0.694. The molecule has 15 heavy (non-hydrogen) atoms. The van der Waals surface area contributed by atoms with E-state index in [1.165, 1.54) is 0 Å². The lowest BCUT2D eigenvalue weighted by atomic mass is 10.1. The van der Waals surface area contributed by atoms with Crippen LogP contribution < -0.4 is 5.32 Å². The second-order valence-electron chi connectivity index (χ2n) is 3.23. The fourth-order valence-electron chi connectivity index (χ4n) is 1.25. The summed E-state index contributed by atoms with van der Waals surface area (Å²) in [5.74, 6) is 1.15. The topological polar surface area (TPSA) is 12.0 Å². The average Bonchev–Trinajstić information content (AvgIpc) is 2.20. The van der Waals surface area contributed by atoms with Crippen molar-refractivity contribution in [2.24, 2.45) is 0 Å². The highest BCUT2D eigenvalue weighted by molar-refractivity contribution is 7.98. The van der Waals surface area contributed by atoms with Crippen molar-refractivity contribution in [2.75, 3.05) is 25.1 Å². The van der Waals surface area contributed by atoms with Crippen LogP contribution in [0.25, 0.3) is 0 Å². The Morgan fingerprint density at radius 1 is 1.27 bits per heavy atom. The molecular formula is C11H15Cl2NS. The van der Waals surface area contributed by atoms with Crippen LogP contribution in [0.2, 0.25) is 10.0 Å². The van der Waals surface area contributed by atoms with E-state index < -0.39 is 0 Å². The van der Waals surface area contributed by atoms with Gasteiger partial charge in [-0.15, -0.1) is 0 Å². The predicted octanol–water partition coefficient (Wildman–Crippen LogP) is 3.49. The first-order valence-corrected chi connectivity index (χ1v) is 7.02. The summed E-state index contributed by atoms with van der Waals surface area (Å²) < 4.78 is 0. The van der Waals surface area contributed by atoms with Gasteiger partial charge in [-0.1, -0.05) is 29.3 Å². The van der Waals surface area contributed by atoms with Gasteiger partial charge in [0.25, 0.3) is 0 Å². The van der Waals surface area contributed by atoms with E-state index in [1.807, 2.05) is 23.9 Å². The Balaban J connectivity index is 2.31. The standard InChI is InChI=1S/C11H15Cl2NS/c1-15-7-6-14-5-4-9-2-3-10(12)8-11(9)13/h2-3,8,14H,4-7H2,1H3. The van der Waals surface area contributed by atoms with Crippen molar-refractivity contribution in [3.8, 4) is 0 Å². The smallest absolute Gasteiger partial charge is 0.0453 e. The minimum Gasteiger partial charge on any atom is -0.316 e. The maximum absolute atomic E-state index is 6.05. The molecule has 0 atom stereocenters. The fraction of sp³-hybridized carbons (Fsp3) is 0.455. The molecule has 0 radical (unpaired) electrons. The number of halogens is 2. The molecule has 0 fully saturated rings. The summed E-state index contributed by atoms with van der Waals surface area (Å²) in [5, 5.41) is 4.82. The quantitative estimate of drug-likeness (QED) is 0.789. The van der Waals surface area contributed by atoms with Gasteiger partial charge in [-0.3, -0.25) is 0 Å². The largest absolute Gasteiger partial charge is 0.316 e. The minimum atomic E-state index is 0.694. The molecule has 1 aromatic carbocycles. The Bertz CT molecular complexity index is 305. The van der Waals surface area contributed by atoms with E-state index >= 15 is 0 Å². The molecule has 84 valence electrons. The molecule has 0 saturated heterocycles. The van der Waals surface area contributed by atoms with Crippen molar-refractivity contribution in [3.05, 3.63) is 33.8 Å². The highest BCUT2D eigenvalue weighted by atomic mass is 35.5. The summed E-state index contributed by atoms with van der Waals surface area (Å²) in [6, 6.07) is 5.66. The van der Waals surface area contributed by atoms with Gasteiger partial charge >= 0.3 is 0 Å². The molecule has 1 aromatic rings. The first-order chi connectivity index (χ1) is 7.24. The molecule has 1 rings (SSSR count). The number of hydrogen-bond acceptors (Lipinski definition) is 2. The van der Waals surface area contributed by atoms with Crippen molar-refractivity contribution < 1.29 is 0 Å². The lowest BCUT2D eigenvalue weighted by Crippen LogP contribution is -2.20. The van der Waals surface area contributed by atoms with E-state index in [0.717, 1.165) is 35.8 Å². The Hall–Kier alpha value is 0.110. The SMILES string of the molecule is CSCCNCCc1ccc(Cl)cc1Cl. The first kappa shape index (κ1) is 13.2. The molecule has 0 spiro atoms. The molecule has 0 aliphatic rings. The van der Waals surface area contributed by atoms with Crippen LogP contribution in [0.1, 0.15) is 5.56 Å². The highest BCUT2D eigenvalue weighted by Crippen LogP contribution is 2.20. The van der Waals surface area contributed by atoms with Gasteiger partial charge < -0.3 is 5.32 Å². The molecular weight excluding hydrogens is 249 g/mol. The van der Waals surface area contributed by atoms with Gasteiger partial charge in [0.1, 0.15) is 0 Å². The van der Waals surface area contributed by atoms with Crippen LogP contribution in [0.4, 0.5) is 0 Å². The number of benzene rings is 1. The molecule has 0 amide bonds. The zero-order valence-corrected chi connectivity index (χ0v) is 11.1. The summed E-state index contributed by atoms with van der Waals surface area (Å²) in [6.45, 7) is 2.01. The highest BCUT2D eigenvalue weighted by Gasteiger charge is 2.00. The van der Waals surface area contributed by atoms with Gasteiger partial charge in [-0.2, -0.15) is 11.8 Å². The van der Waals surface area contributed by atoms with Gasteiger partial charge in [-0.05, 0) is 36.9 Å². The van der Waals surface area contributed by atoms with E-state index in [-0.39, 0.29) is 0 Å². The maximum atomic E-state index is 6.05. The van der Waals surface area contributed by atoms with E-state index in [9.17, 15) is 0 Å². The predicted molar refractivity (Wildman–Crippen MR) is 71.4 cm³/mol. The number of thioether (sulfide) groups is 1. The van der Waals surface area contributed by atoms with Crippen molar-refractivity contribution in [2.45, 2.75) is 6.42 Å². The third-order valence-electron chi connectivity index (χ3n) is 2.07. The first-order valence-electron chi connectivity index (χ1n) is 4.87. The van der Waals surface area contributed by atoms with Crippen LogP contribution >= 0.6 is 35.0 Å². The maximum Gasteiger partial charge on any atom is 0.0453 e. The number of hydrogen-bond donors (Lipinski definition) is 1. The summed E-state index contributed by atoms with van der Waals surface area (Å²) >= 11 is 13.7. The lowest BCUT2D eigenvalue weighted by molar-refractivity contribution is 0.721. The van der Waals surface area contributed by atoms with Gasteiger partial charge in [0.15, 0.2) is 0 Å². The van der Waals surface area contributed by atoms with Crippen LogP contribution in [-0.4, -0.2) is 25.1 Å². The van der Waals surface area contributed by atoms with Gasteiger partial charge in [0, 0.05) is 22.3 Å². The Labute approximate surface area is 106 Å². The Morgan fingerprint density at radius 2 is 2.07 bits per heavy atom. The summed E-state index contributed by atoms with van der Waals surface area (Å²) in [5.41, 5.74) is 1.15. The van der Waals surface area contributed by atoms with Crippen molar-refractivity contribution >= 4 is 35.0 Å². The van der Waals surface area contributed by atoms with E-state index in [4.69, 9.17) is 23.2 Å². The van der Waals surface area contributed by atoms with Gasteiger partial charge in [0.2, 0.25) is 0 Å². The number of rotatable bonds is 6. The average molecular weight is 264 g/mol. The zero-order chi connectivity index (χ0) is 11.1. The summed E-state index contributed by atoms with van der Waals surface area (Å²) in [4.78, 5) is 0. The van der Waals surface area contributed by atoms with Crippen molar-refractivity contribution in [1.29, 1.82) is 0 Å². The molecule has 1 N–H and O–H groups in total. The molecule has 0 unspecified atom stereocenters. The van der Waals surface area contributed by atoms with Crippen LogP contribution in [0.5, 0.6) is 0 Å². The van der Waals surface area contributed by atoms with Crippen LogP contribution in [0.3, 0.4) is 0 Å². The van der Waals surface area contributed by atoms with Crippen LogP contribution in [0, 0.1) is 0 Å². The second-order valence-corrected chi connectivity index (χ2v) is 5.06. The van der Waals surface area contributed by atoms with Crippen molar-refractivity contribution in [3.63, 3.8) is 0 Å². The lowest BCUT2D eigenvalue weighted by Gasteiger charge is -2.06. The van der Waals surface area contributed by atoms with Gasteiger partial charge in [-0.25, -0.2) is 0 Å². The molecule has 0 aliphatic heterocycles. The zero-order valence-electron chi connectivity index (χ0n) is 8.72. The molecule has 0 heterocycles. The summed E-state index contributed by atoms with van der Waals surface area (Å²) in [6.07, 6.45) is 3.06. The normalized spacial score (nSPS) is 10.6. The molecule has 0 aromatic heterocycles. The number of nitrogens with one attached hydrogen (secondary N) is 1. The second kappa shape index (κ2) is 7.39. The monoisotopic (exact) mass is 263 g/mol. The van der Waals surface area contributed by atoms with Crippen LogP contribution in [0.15, 0.2) is 18.2 Å². The molecule has 1 nitrogen and oxygen atoms in total. The molecule has 0 saturated carbocycles. The van der Waals surface area contributed by atoms with E-state index in [0.29, 0.717) is 5.02 Å². The third kappa shape index (κ3) is 5.12. The summed E-state index contributed by atoms with van der Waals surface area (Å²) in [7, 11) is 0. The molecule has 4 heteroatoms. The van der Waals surface area contributed by atoms with Crippen molar-refractivity contribution in [1.82, 2.24) is 5.32 Å². The van der Waals surface area contributed by atoms with E-state index in [1.54, 1.807) is 6.07 Å². The fourth-order valence-corrected chi connectivity index (χ4v) is 2.10. The Kier molecular flexibility index (Phi) is 6.50.